The van der Waals surface area contributed by atoms with Crippen molar-refractivity contribution >= 4 is 32.2 Å². The number of hydrogen-bond acceptors (Lipinski definition) is 4. The van der Waals surface area contributed by atoms with Crippen molar-refractivity contribution in [2.24, 2.45) is 0 Å². The van der Waals surface area contributed by atoms with Gasteiger partial charge < -0.3 is 5.32 Å². The molecule has 7 heteroatoms. The van der Waals surface area contributed by atoms with Gasteiger partial charge in [-0.1, -0.05) is 0 Å². The van der Waals surface area contributed by atoms with E-state index in [1.165, 1.54) is 0 Å². The van der Waals surface area contributed by atoms with Gasteiger partial charge in [0.1, 0.15) is 4.60 Å². The van der Waals surface area contributed by atoms with Crippen LogP contribution < -0.4 is 5.32 Å². The lowest BCUT2D eigenvalue weighted by Gasteiger charge is -2.03. The Bertz CT molecular complexity index is 627. The molecule has 18 heavy (non-hydrogen) atoms. The SMILES string of the molecule is Brc1c(CNCCn2cccn2)nc2sccn12. The molecule has 1 N–H and O–H groups in total. The predicted octanol–water partition coefficient (Wildman–Crippen LogP) is 2.14. The molecule has 0 saturated heterocycles. The summed E-state index contributed by atoms with van der Waals surface area (Å²) < 4.78 is 4.99. The molecule has 3 heterocycles. The van der Waals surface area contributed by atoms with Crippen molar-refractivity contribution in [3.05, 3.63) is 40.3 Å². The van der Waals surface area contributed by atoms with Gasteiger partial charge in [0.15, 0.2) is 4.96 Å². The third-order valence-corrected chi connectivity index (χ3v) is 4.24. The first-order chi connectivity index (χ1) is 8.84. The van der Waals surface area contributed by atoms with Gasteiger partial charge in [-0.15, -0.1) is 11.3 Å². The van der Waals surface area contributed by atoms with Crippen LogP contribution in [0.25, 0.3) is 4.96 Å². The molecule has 0 atom stereocenters. The van der Waals surface area contributed by atoms with Crippen LogP contribution in [-0.2, 0) is 13.1 Å². The molecule has 0 unspecified atom stereocenters. The Morgan fingerprint density at radius 2 is 2.33 bits per heavy atom. The number of halogens is 1. The number of nitrogens with one attached hydrogen (secondary N) is 1. The Balaban J connectivity index is 1.56. The van der Waals surface area contributed by atoms with E-state index in [2.05, 4.69) is 35.7 Å². The first-order valence-corrected chi connectivity index (χ1v) is 7.30. The van der Waals surface area contributed by atoms with Crippen LogP contribution in [0.5, 0.6) is 0 Å². The Labute approximate surface area is 117 Å². The van der Waals surface area contributed by atoms with E-state index in [9.17, 15) is 0 Å². The molecular weight excluding hydrogens is 314 g/mol. The fourth-order valence-electron chi connectivity index (χ4n) is 1.75. The Hall–Kier alpha value is -1.18. The summed E-state index contributed by atoms with van der Waals surface area (Å²) >= 11 is 5.21. The molecule has 0 aromatic carbocycles. The minimum atomic E-state index is 0.760. The van der Waals surface area contributed by atoms with Crippen molar-refractivity contribution < 1.29 is 0 Å². The van der Waals surface area contributed by atoms with Crippen LogP contribution in [-0.4, -0.2) is 25.7 Å². The molecule has 5 nitrogen and oxygen atoms in total. The highest BCUT2D eigenvalue weighted by atomic mass is 79.9. The molecule has 0 spiro atoms. The van der Waals surface area contributed by atoms with E-state index in [0.29, 0.717) is 0 Å². The molecule has 0 amide bonds. The highest BCUT2D eigenvalue weighted by Crippen LogP contribution is 2.21. The predicted molar refractivity (Wildman–Crippen MR) is 74.7 cm³/mol. The largest absolute Gasteiger partial charge is 0.309 e. The van der Waals surface area contributed by atoms with Crippen LogP contribution in [0, 0.1) is 0 Å². The zero-order valence-electron chi connectivity index (χ0n) is 9.58. The number of fused-ring (bicyclic) bond motifs is 1. The topological polar surface area (TPSA) is 47.2 Å². The first kappa shape index (κ1) is 11.9. The lowest BCUT2D eigenvalue weighted by molar-refractivity contribution is 0.551. The van der Waals surface area contributed by atoms with Gasteiger partial charge in [0.25, 0.3) is 0 Å². The van der Waals surface area contributed by atoms with Crippen LogP contribution in [0.2, 0.25) is 0 Å². The van der Waals surface area contributed by atoms with Crippen LogP contribution in [0.3, 0.4) is 0 Å². The van der Waals surface area contributed by atoms with Gasteiger partial charge in [-0.2, -0.15) is 5.10 Å². The van der Waals surface area contributed by atoms with Crippen LogP contribution in [0.15, 0.2) is 34.6 Å². The molecule has 0 saturated carbocycles. The second kappa shape index (κ2) is 5.21. The van der Waals surface area contributed by atoms with Crippen molar-refractivity contribution in [1.82, 2.24) is 24.5 Å². The molecule has 0 aliphatic heterocycles. The Morgan fingerprint density at radius 1 is 1.39 bits per heavy atom. The summed E-state index contributed by atoms with van der Waals surface area (Å²) in [5, 5.41) is 9.55. The monoisotopic (exact) mass is 325 g/mol. The fraction of sp³-hybridized carbons (Fsp3) is 0.273. The molecule has 3 aromatic heterocycles. The average Bonchev–Trinajstić information content (AvgIpc) is 3.06. The van der Waals surface area contributed by atoms with Crippen molar-refractivity contribution in [2.75, 3.05) is 6.54 Å². The summed E-state index contributed by atoms with van der Waals surface area (Å²) in [6, 6.07) is 1.93. The smallest absolute Gasteiger partial charge is 0.194 e. The minimum absolute atomic E-state index is 0.760. The first-order valence-electron chi connectivity index (χ1n) is 5.62. The Morgan fingerprint density at radius 3 is 3.11 bits per heavy atom. The van der Waals surface area contributed by atoms with E-state index in [1.54, 1.807) is 17.5 Å². The maximum atomic E-state index is 4.56. The molecule has 94 valence electrons. The lowest BCUT2D eigenvalue weighted by atomic mass is 10.4. The van der Waals surface area contributed by atoms with Gasteiger partial charge in [-0.3, -0.25) is 9.08 Å². The summed E-state index contributed by atoms with van der Waals surface area (Å²) in [6.07, 6.45) is 5.77. The molecule has 0 bridgehead atoms. The number of rotatable bonds is 5. The van der Waals surface area contributed by atoms with Gasteiger partial charge in [0.05, 0.1) is 12.2 Å². The number of aromatic nitrogens is 4. The zero-order chi connectivity index (χ0) is 12.4. The van der Waals surface area contributed by atoms with Gasteiger partial charge in [0.2, 0.25) is 0 Å². The second-order valence-corrected chi connectivity index (χ2v) is 5.47. The molecule has 0 aliphatic carbocycles. The summed E-state index contributed by atoms with van der Waals surface area (Å²) in [5.41, 5.74) is 1.04. The quantitative estimate of drug-likeness (QED) is 0.731. The standard InChI is InChI=1S/C11H12BrN5S/c12-10-9(15-11-17(10)6-7-18-11)8-13-3-5-16-4-1-2-14-16/h1-2,4,6-7,13H,3,5,8H2. The molecule has 3 aromatic rings. The van der Waals surface area contributed by atoms with E-state index in [-0.39, 0.29) is 0 Å². The maximum Gasteiger partial charge on any atom is 0.194 e. The summed E-state index contributed by atoms with van der Waals surface area (Å²) in [5.74, 6) is 0. The summed E-state index contributed by atoms with van der Waals surface area (Å²) in [7, 11) is 0. The number of hydrogen-bond donors (Lipinski definition) is 1. The van der Waals surface area contributed by atoms with Crippen molar-refractivity contribution in [3.63, 3.8) is 0 Å². The molecular formula is C11H12BrN5S. The average molecular weight is 326 g/mol. The van der Waals surface area contributed by atoms with E-state index in [0.717, 1.165) is 34.9 Å². The second-order valence-electron chi connectivity index (χ2n) is 3.85. The number of imidazole rings is 1. The third-order valence-electron chi connectivity index (χ3n) is 2.64. The van der Waals surface area contributed by atoms with Crippen LogP contribution in [0.1, 0.15) is 5.69 Å². The van der Waals surface area contributed by atoms with Gasteiger partial charge in [0, 0.05) is 37.1 Å². The van der Waals surface area contributed by atoms with Crippen molar-refractivity contribution in [1.29, 1.82) is 0 Å². The third kappa shape index (κ3) is 2.33. The van der Waals surface area contributed by atoms with E-state index in [1.807, 2.05) is 28.5 Å². The molecule has 0 radical (unpaired) electrons. The Kier molecular flexibility index (Phi) is 3.44. The van der Waals surface area contributed by atoms with Crippen molar-refractivity contribution in [3.8, 4) is 0 Å². The van der Waals surface area contributed by atoms with Crippen molar-refractivity contribution in [2.45, 2.75) is 13.1 Å². The summed E-state index contributed by atoms with van der Waals surface area (Å²) in [4.78, 5) is 5.58. The fourth-order valence-corrected chi connectivity index (χ4v) is 3.11. The van der Waals surface area contributed by atoms with Gasteiger partial charge >= 0.3 is 0 Å². The van der Waals surface area contributed by atoms with Gasteiger partial charge in [-0.05, 0) is 22.0 Å². The summed E-state index contributed by atoms with van der Waals surface area (Å²) in [6.45, 7) is 2.50. The number of nitrogens with zero attached hydrogens (tertiary/aromatic N) is 4. The highest BCUT2D eigenvalue weighted by Gasteiger charge is 2.09. The van der Waals surface area contributed by atoms with E-state index >= 15 is 0 Å². The van der Waals surface area contributed by atoms with Crippen LogP contribution >= 0.6 is 27.3 Å². The minimum Gasteiger partial charge on any atom is -0.309 e. The zero-order valence-corrected chi connectivity index (χ0v) is 12.0. The number of thiazole rings is 1. The molecule has 0 fully saturated rings. The lowest BCUT2D eigenvalue weighted by Crippen LogP contribution is -2.20. The van der Waals surface area contributed by atoms with E-state index in [4.69, 9.17) is 0 Å². The normalized spacial score (nSPS) is 11.4. The molecule has 3 rings (SSSR count). The van der Waals surface area contributed by atoms with Crippen LogP contribution in [0.4, 0.5) is 0 Å². The highest BCUT2D eigenvalue weighted by molar-refractivity contribution is 9.10. The molecule has 0 aliphatic rings. The maximum absolute atomic E-state index is 4.56. The van der Waals surface area contributed by atoms with Gasteiger partial charge in [-0.25, -0.2) is 4.98 Å². The van der Waals surface area contributed by atoms with E-state index < -0.39 is 0 Å².